The summed E-state index contributed by atoms with van der Waals surface area (Å²) in [6.45, 7) is 1.88. The molecule has 0 aromatic heterocycles. The molecule has 3 aromatic carbocycles. The van der Waals surface area contributed by atoms with Gasteiger partial charge in [-0.15, -0.1) is 0 Å². The van der Waals surface area contributed by atoms with Crippen molar-refractivity contribution in [2.24, 2.45) is 4.99 Å². The van der Waals surface area contributed by atoms with Crippen molar-refractivity contribution >= 4 is 34.9 Å². The summed E-state index contributed by atoms with van der Waals surface area (Å²) in [5, 5.41) is 23.6. The van der Waals surface area contributed by atoms with Crippen LogP contribution in [0.4, 0.5) is 5.69 Å². The van der Waals surface area contributed by atoms with Gasteiger partial charge in [0.05, 0.1) is 17.9 Å². The van der Waals surface area contributed by atoms with E-state index >= 15 is 0 Å². The van der Waals surface area contributed by atoms with Gasteiger partial charge in [0.1, 0.15) is 0 Å². The smallest absolute Gasteiger partial charge is 0.329 e. The summed E-state index contributed by atoms with van der Waals surface area (Å²) >= 11 is 6.46. The minimum absolute atomic E-state index is 0.124. The third kappa shape index (κ3) is 7.53. The Hall–Kier alpha value is -3.52. The first-order valence-electron chi connectivity index (χ1n) is 13.3. The number of anilines is 1. The lowest BCUT2D eigenvalue weighted by Crippen LogP contribution is -2.37. The van der Waals surface area contributed by atoms with E-state index in [1.807, 2.05) is 48.5 Å². The van der Waals surface area contributed by atoms with Crippen LogP contribution in [0.2, 0.25) is 5.02 Å². The van der Waals surface area contributed by atoms with Crippen molar-refractivity contribution in [2.75, 3.05) is 31.6 Å². The van der Waals surface area contributed by atoms with Crippen LogP contribution in [0.5, 0.6) is 0 Å². The second-order valence-electron chi connectivity index (χ2n) is 9.70. The van der Waals surface area contributed by atoms with E-state index in [2.05, 4.69) is 10.2 Å². The molecule has 1 aliphatic rings. The van der Waals surface area contributed by atoms with Gasteiger partial charge >= 0.3 is 5.97 Å². The van der Waals surface area contributed by atoms with Crippen LogP contribution in [0.15, 0.2) is 83.9 Å². The molecule has 7 nitrogen and oxygen atoms in total. The molecular formula is C31H34ClN3O4. The highest BCUT2D eigenvalue weighted by atomic mass is 35.5. The zero-order valence-corrected chi connectivity index (χ0v) is 22.6. The van der Waals surface area contributed by atoms with Crippen LogP contribution in [-0.2, 0) is 9.59 Å². The topological polar surface area (TPSA) is 102 Å². The van der Waals surface area contributed by atoms with E-state index in [-0.39, 0.29) is 18.9 Å². The number of piperidine rings is 1. The lowest BCUT2D eigenvalue weighted by molar-refractivity contribution is -0.139. The van der Waals surface area contributed by atoms with Gasteiger partial charge in [0.25, 0.3) is 0 Å². The number of nitrogens with one attached hydrogen (secondary N) is 1. The minimum atomic E-state index is -1.23. The van der Waals surface area contributed by atoms with Gasteiger partial charge in [-0.2, -0.15) is 0 Å². The summed E-state index contributed by atoms with van der Waals surface area (Å²) in [6, 6.07) is 22.4. The Morgan fingerprint density at radius 3 is 2.28 bits per heavy atom. The number of amides is 1. The molecule has 0 unspecified atom stereocenters. The first-order chi connectivity index (χ1) is 19.0. The number of para-hydroxylation sites is 1. The Morgan fingerprint density at radius 1 is 0.923 bits per heavy atom. The summed E-state index contributed by atoms with van der Waals surface area (Å²) in [6.07, 6.45) is 3.53. The lowest BCUT2D eigenvalue weighted by atomic mass is 9.88. The monoisotopic (exact) mass is 547 g/mol. The normalized spacial score (nSPS) is 15.9. The number of aliphatic hydroxyl groups is 1. The number of halogens is 1. The van der Waals surface area contributed by atoms with E-state index in [4.69, 9.17) is 16.6 Å². The molecule has 1 aliphatic heterocycles. The average molecular weight is 548 g/mol. The zero-order chi connectivity index (χ0) is 27.6. The fourth-order valence-corrected chi connectivity index (χ4v) is 5.34. The van der Waals surface area contributed by atoms with Gasteiger partial charge in [0, 0.05) is 28.7 Å². The summed E-state index contributed by atoms with van der Waals surface area (Å²) in [5.74, 6) is -1.92. The number of aliphatic hydroxyl groups excluding tert-OH is 1. The number of hydrogen-bond acceptors (Lipinski definition) is 5. The van der Waals surface area contributed by atoms with Gasteiger partial charge in [-0.05, 0) is 50.0 Å². The standard InChI is InChI=1S/C31H34ClN3O4/c32-26-15-7-5-13-23(26)24(17-20-36)30(31(38)39)34-29(22-11-3-1-4-12-22)25-14-6-8-16-27(25)33-28(37)21-35-18-9-2-10-19-35/h1,3-8,11-16,24,30,36H,2,9-10,17-21H2,(H,33,37)(H,38,39)/t24-,30+/m0/s1. The molecule has 8 heteroatoms. The number of rotatable bonds is 11. The number of carboxylic acids is 1. The molecule has 0 bridgehead atoms. The molecule has 3 aromatic rings. The Labute approximate surface area is 234 Å². The first kappa shape index (κ1) is 28.5. The zero-order valence-electron chi connectivity index (χ0n) is 21.8. The van der Waals surface area contributed by atoms with Crippen LogP contribution in [0.25, 0.3) is 0 Å². The number of carboxylic acid groups (broad SMARTS) is 1. The Bertz CT molecular complexity index is 1290. The van der Waals surface area contributed by atoms with Gasteiger partial charge < -0.3 is 15.5 Å². The van der Waals surface area contributed by atoms with Crippen molar-refractivity contribution in [1.82, 2.24) is 4.90 Å². The van der Waals surface area contributed by atoms with E-state index in [1.165, 1.54) is 6.42 Å². The number of aliphatic carboxylic acids is 1. The third-order valence-electron chi connectivity index (χ3n) is 6.97. The number of likely N-dealkylation sites (tertiary alicyclic amines) is 1. The second-order valence-corrected chi connectivity index (χ2v) is 10.1. The molecule has 0 saturated carbocycles. The van der Waals surface area contributed by atoms with E-state index in [0.29, 0.717) is 39.7 Å². The molecule has 0 spiro atoms. The van der Waals surface area contributed by atoms with E-state index in [9.17, 15) is 19.8 Å². The van der Waals surface area contributed by atoms with Crippen molar-refractivity contribution in [1.29, 1.82) is 0 Å². The highest BCUT2D eigenvalue weighted by Gasteiger charge is 2.31. The van der Waals surface area contributed by atoms with E-state index < -0.39 is 17.9 Å². The second kappa shape index (κ2) is 14.0. The molecule has 0 radical (unpaired) electrons. The molecule has 4 rings (SSSR count). The largest absolute Gasteiger partial charge is 0.480 e. The Kier molecular flexibility index (Phi) is 10.3. The van der Waals surface area contributed by atoms with Crippen LogP contribution in [0, 0.1) is 0 Å². The van der Waals surface area contributed by atoms with Crippen LogP contribution >= 0.6 is 11.6 Å². The summed E-state index contributed by atoms with van der Waals surface area (Å²) in [7, 11) is 0. The van der Waals surface area contributed by atoms with Crippen LogP contribution in [-0.4, -0.2) is 65.0 Å². The van der Waals surface area contributed by atoms with Gasteiger partial charge in [0.15, 0.2) is 6.04 Å². The van der Waals surface area contributed by atoms with Crippen molar-refractivity contribution in [2.45, 2.75) is 37.6 Å². The molecule has 2 atom stereocenters. The predicted molar refractivity (Wildman–Crippen MR) is 155 cm³/mol. The molecule has 1 fully saturated rings. The summed E-state index contributed by atoms with van der Waals surface area (Å²) < 4.78 is 0. The van der Waals surface area contributed by atoms with Crippen molar-refractivity contribution < 1.29 is 19.8 Å². The fourth-order valence-electron chi connectivity index (χ4n) is 5.06. The maximum atomic E-state index is 13.0. The van der Waals surface area contributed by atoms with Crippen LogP contribution < -0.4 is 5.32 Å². The minimum Gasteiger partial charge on any atom is -0.480 e. The van der Waals surface area contributed by atoms with Crippen LogP contribution in [0.3, 0.4) is 0 Å². The van der Waals surface area contributed by atoms with Crippen molar-refractivity contribution in [3.63, 3.8) is 0 Å². The lowest BCUT2D eigenvalue weighted by Gasteiger charge is -2.26. The number of carbonyl (C=O) groups is 2. The molecule has 1 saturated heterocycles. The maximum Gasteiger partial charge on any atom is 0.329 e. The predicted octanol–water partition coefficient (Wildman–Crippen LogP) is 5.22. The average Bonchev–Trinajstić information content (AvgIpc) is 2.94. The number of benzene rings is 3. The van der Waals surface area contributed by atoms with E-state index in [1.54, 1.807) is 30.3 Å². The summed E-state index contributed by atoms with van der Waals surface area (Å²) in [4.78, 5) is 32.7. The highest BCUT2D eigenvalue weighted by molar-refractivity contribution is 6.31. The third-order valence-corrected chi connectivity index (χ3v) is 7.31. The highest BCUT2D eigenvalue weighted by Crippen LogP contribution is 2.33. The van der Waals surface area contributed by atoms with Gasteiger partial charge in [-0.25, -0.2) is 4.79 Å². The fraction of sp³-hybridized carbons (Fsp3) is 0.323. The van der Waals surface area contributed by atoms with Gasteiger partial charge in [-0.3, -0.25) is 14.7 Å². The first-order valence-corrected chi connectivity index (χ1v) is 13.7. The molecular weight excluding hydrogens is 514 g/mol. The molecule has 1 amide bonds. The summed E-state index contributed by atoms with van der Waals surface area (Å²) in [5.41, 5.74) is 2.93. The SMILES string of the molecule is O=C(CN1CCCCC1)Nc1ccccc1C(=N[C@@H](C(=O)O)[C@@H](CCO)c1ccccc1Cl)c1ccccc1. The van der Waals surface area contributed by atoms with Crippen LogP contribution in [0.1, 0.15) is 48.3 Å². The Balaban J connectivity index is 1.76. The Morgan fingerprint density at radius 2 is 1.59 bits per heavy atom. The molecule has 39 heavy (non-hydrogen) atoms. The van der Waals surface area contributed by atoms with Gasteiger partial charge in [0.2, 0.25) is 5.91 Å². The molecule has 3 N–H and O–H groups in total. The molecule has 1 heterocycles. The number of nitrogens with zero attached hydrogens (tertiary/aromatic N) is 2. The van der Waals surface area contributed by atoms with Crippen molar-refractivity contribution in [3.8, 4) is 0 Å². The van der Waals surface area contributed by atoms with E-state index in [0.717, 1.165) is 25.9 Å². The maximum absolute atomic E-state index is 13.0. The molecule has 204 valence electrons. The number of hydrogen-bond donors (Lipinski definition) is 3. The molecule has 0 aliphatic carbocycles. The quantitative estimate of drug-likeness (QED) is 0.286. The van der Waals surface area contributed by atoms with Crippen molar-refractivity contribution in [3.05, 3.63) is 101 Å². The number of aliphatic imine (C=N–C) groups is 1. The number of carbonyl (C=O) groups excluding carboxylic acids is 1. The van der Waals surface area contributed by atoms with Gasteiger partial charge in [-0.1, -0.05) is 84.8 Å².